The van der Waals surface area contributed by atoms with E-state index in [1.165, 1.54) is 7.11 Å². The van der Waals surface area contributed by atoms with Gasteiger partial charge < -0.3 is 4.74 Å². The molecule has 2 rings (SSSR count). The number of esters is 1. The van der Waals surface area contributed by atoms with E-state index in [9.17, 15) is 4.79 Å². The quantitative estimate of drug-likeness (QED) is 0.782. The number of rotatable bonds is 1. The van der Waals surface area contributed by atoms with E-state index >= 15 is 0 Å². The maximum Gasteiger partial charge on any atom is 0.327 e. The third kappa shape index (κ3) is 2.05. The first-order valence-electron chi connectivity index (χ1n) is 5.57. The molecule has 1 N–H and O–H groups in total. The molecule has 1 atom stereocenters. The number of hydrogen-bond acceptors (Lipinski definition) is 3. The lowest BCUT2D eigenvalue weighted by Crippen LogP contribution is -2.45. The molecular weight excluding hydrogens is 238 g/mol. The van der Waals surface area contributed by atoms with Crippen molar-refractivity contribution in [3.8, 4) is 0 Å². The molecule has 0 saturated heterocycles. The van der Waals surface area contributed by atoms with Crippen molar-refractivity contribution in [2.45, 2.75) is 25.3 Å². The van der Waals surface area contributed by atoms with Gasteiger partial charge in [0.15, 0.2) is 0 Å². The minimum atomic E-state index is -0.415. The first kappa shape index (κ1) is 12.4. The standard InChI is InChI=1S/C13H16ClNO2/c1-13(2)7-15-11(12(16)17-3)8-5-4-6-9(14)10(8)13/h4-6,11,15H,7H2,1-3H3. The second-order valence-corrected chi connectivity index (χ2v) is 5.33. The fraction of sp³-hybridized carbons (Fsp3) is 0.462. The third-order valence-corrected chi connectivity index (χ3v) is 3.53. The van der Waals surface area contributed by atoms with E-state index in [0.29, 0.717) is 11.6 Å². The minimum absolute atomic E-state index is 0.0851. The molecule has 4 heteroatoms. The van der Waals surface area contributed by atoms with E-state index in [1.807, 2.05) is 18.2 Å². The molecule has 92 valence electrons. The lowest BCUT2D eigenvalue weighted by Gasteiger charge is -2.37. The van der Waals surface area contributed by atoms with Crippen molar-refractivity contribution in [3.05, 3.63) is 34.3 Å². The summed E-state index contributed by atoms with van der Waals surface area (Å²) in [6.45, 7) is 4.92. The number of halogens is 1. The van der Waals surface area contributed by atoms with E-state index in [2.05, 4.69) is 19.2 Å². The predicted octanol–water partition coefficient (Wildman–Crippen LogP) is 2.43. The average molecular weight is 254 g/mol. The van der Waals surface area contributed by atoms with Crippen LogP contribution in [-0.4, -0.2) is 19.6 Å². The van der Waals surface area contributed by atoms with Crippen molar-refractivity contribution in [1.29, 1.82) is 0 Å². The summed E-state index contributed by atoms with van der Waals surface area (Å²) in [6, 6.07) is 5.24. The molecule has 0 aliphatic carbocycles. The molecule has 1 aliphatic rings. The van der Waals surface area contributed by atoms with Crippen molar-refractivity contribution in [3.63, 3.8) is 0 Å². The molecule has 1 heterocycles. The van der Waals surface area contributed by atoms with Gasteiger partial charge in [-0.1, -0.05) is 37.6 Å². The summed E-state index contributed by atoms with van der Waals surface area (Å²) in [6.07, 6.45) is 0. The Bertz CT molecular complexity index is 457. The molecule has 0 saturated carbocycles. The van der Waals surface area contributed by atoms with Crippen LogP contribution in [0.5, 0.6) is 0 Å². The van der Waals surface area contributed by atoms with Crippen LogP contribution in [0, 0.1) is 0 Å². The minimum Gasteiger partial charge on any atom is -0.468 e. The number of nitrogens with one attached hydrogen (secondary N) is 1. The molecular formula is C13H16ClNO2. The van der Waals surface area contributed by atoms with Crippen LogP contribution in [0.1, 0.15) is 31.0 Å². The highest BCUT2D eigenvalue weighted by Gasteiger charge is 2.37. The smallest absolute Gasteiger partial charge is 0.327 e. The van der Waals surface area contributed by atoms with Gasteiger partial charge >= 0.3 is 5.97 Å². The van der Waals surface area contributed by atoms with Crippen molar-refractivity contribution < 1.29 is 9.53 Å². The number of ether oxygens (including phenoxy) is 1. The summed E-state index contributed by atoms with van der Waals surface area (Å²) in [5.74, 6) is -0.274. The van der Waals surface area contributed by atoms with Crippen molar-refractivity contribution in [2.24, 2.45) is 0 Å². The molecule has 0 amide bonds. The van der Waals surface area contributed by atoms with E-state index < -0.39 is 6.04 Å². The molecule has 0 aromatic heterocycles. The molecule has 17 heavy (non-hydrogen) atoms. The van der Waals surface area contributed by atoms with Gasteiger partial charge in [-0.15, -0.1) is 0 Å². The van der Waals surface area contributed by atoms with Crippen LogP contribution in [0.4, 0.5) is 0 Å². The zero-order valence-corrected chi connectivity index (χ0v) is 11.0. The molecule has 0 fully saturated rings. The molecule has 0 radical (unpaired) electrons. The first-order chi connectivity index (χ1) is 7.97. The SMILES string of the molecule is COC(=O)C1NCC(C)(C)c2c(Cl)cccc21. The van der Waals surface area contributed by atoms with Gasteiger partial charge in [-0.2, -0.15) is 0 Å². The van der Waals surface area contributed by atoms with Gasteiger partial charge in [0, 0.05) is 17.0 Å². The fourth-order valence-corrected chi connectivity index (χ4v) is 2.82. The lowest BCUT2D eigenvalue weighted by atomic mass is 9.76. The van der Waals surface area contributed by atoms with Crippen LogP contribution in [0.2, 0.25) is 5.02 Å². The maximum absolute atomic E-state index is 11.7. The van der Waals surface area contributed by atoms with E-state index in [1.54, 1.807) is 0 Å². The number of carbonyl (C=O) groups excluding carboxylic acids is 1. The van der Waals surface area contributed by atoms with Gasteiger partial charge in [0.05, 0.1) is 7.11 Å². The summed E-state index contributed by atoms with van der Waals surface area (Å²) in [7, 11) is 1.40. The number of fused-ring (bicyclic) bond motifs is 1. The van der Waals surface area contributed by atoms with Crippen LogP contribution < -0.4 is 5.32 Å². The van der Waals surface area contributed by atoms with Crippen LogP contribution in [0.15, 0.2) is 18.2 Å². The lowest BCUT2D eigenvalue weighted by molar-refractivity contribution is -0.143. The molecule has 3 nitrogen and oxygen atoms in total. The highest BCUT2D eigenvalue weighted by Crippen LogP contribution is 2.39. The van der Waals surface area contributed by atoms with Crippen molar-refractivity contribution in [2.75, 3.05) is 13.7 Å². The molecule has 1 aromatic carbocycles. The second-order valence-electron chi connectivity index (χ2n) is 4.93. The normalized spacial score (nSPS) is 21.8. The van der Waals surface area contributed by atoms with Gasteiger partial charge in [-0.25, -0.2) is 4.79 Å². The number of benzene rings is 1. The van der Waals surface area contributed by atoms with Crippen LogP contribution in [0.25, 0.3) is 0 Å². The van der Waals surface area contributed by atoms with Crippen LogP contribution in [-0.2, 0) is 14.9 Å². The van der Waals surface area contributed by atoms with Crippen molar-refractivity contribution in [1.82, 2.24) is 5.32 Å². The Morgan fingerprint density at radius 3 is 2.88 bits per heavy atom. The predicted molar refractivity (Wildman–Crippen MR) is 67.2 cm³/mol. The molecule has 0 bridgehead atoms. The Morgan fingerprint density at radius 2 is 2.24 bits per heavy atom. The Labute approximate surface area is 106 Å². The van der Waals surface area contributed by atoms with Gasteiger partial charge in [0.2, 0.25) is 0 Å². The van der Waals surface area contributed by atoms with E-state index in [-0.39, 0.29) is 11.4 Å². The summed E-state index contributed by atoms with van der Waals surface area (Å²) < 4.78 is 4.81. The molecule has 1 unspecified atom stereocenters. The van der Waals surface area contributed by atoms with Crippen LogP contribution >= 0.6 is 11.6 Å². The molecule has 1 aromatic rings. The summed E-state index contributed by atoms with van der Waals surface area (Å²) in [4.78, 5) is 11.7. The second kappa shape index (κ2) is 4.31. The Balaban J connectivity index is 2.56. The Morgan fingerprint density at radius 1 is 1.53 bits per heavy atom. The maximum atomic E-state index is 11.7. The average Bonchev–Trinajstić information content (AvgIpc) is 2.28. The molecule has 0 spiro atoms. The van der Waals surface area contributed by atoms with E-state index in [0.717, 1.165) is 11.1 Å². The topological polar surface area (TPSA) is 38.3 Å². The van der Waals surface area contributed by atoms with Gasteiger partial charge in [0.1, 0.15) is 6.04 Å². The van der Waals surface area contributed by atoms with Crippen molar-refractivity contribution >= 4 is 17.6 Å². The highest BCUT2D eigenvalue weighted by atomic mass is 35.5. The van der Waals surface area contributed by atoms with E-state index in [4.69, 9.17) is 16.3 Å². The summed E-state index contributed by atoms with van der Waals surface area (Å²) in [5.41, 5.74) is 1.87. The first-order valence-corrected chi connectivity index (χ1v) is 5.95. The number of methoxy groups -OCH3 is 1. The Hall–Kier alpha value is -1.06. The summed E-state index contributed by atoms with van der Waals surface area (Å²) in [5, 5.41) is 3.92. The zero-order valence-electron chi connectivity index (χ0n) is 10.2. The highest BCUT2D eigenvalue weighted by molar-refractivity contribution is 6.31. The van der Waals surface area contributed by atoms with Crippen LogP contribution in [0.3, 0.4) is 0 Å². The van der Waals surface area contributed by atoms with Gasteiger partial charge in [-0.3, -0.25) is 5.32 Å². The monoisotopic (exact) mass is 253 g/mol. The number of carbonyl (C=O) groups is 1. The number of hydrogen-bond donors (Lipinski definition) is 1. The third-order valence-electron chi connectivity index (χ3n) is 3.22. The summed E-state index contributed by atoms with van der Waals surface area (Å²) >= 11 is 6.26. The largest absolute Gasteiger partial charge is 0.468 e. The van der Waals surface area contributed by atoms with Gasteiger partial charge in [0.25, 0.3) is 0 Å². The van der Waals surface area contributed by atoms with Gasteiger partial charge in [-0.05, 0) is 17.2 Å². The zero-order chi connectivity index (χ0) is 12.6. The Kier molecular flexibility index (Phi) is 3.15. The molecule has 1 aliphatic heterocycles. The fourth-order valence-electron chi connectivity index (χ4n) is 2.38.